The Morgan fingerprint density at radius 1 is 0.903 bits per heavy atom. The third-order valence-electron chi connectivity index (χ3n) is 6.21. The number of likely N-dealkylation sites (tertiary alicyclic amines) is 1. The van der Waals surface area contributed by atoms with Crippen LogP contribution in [0.1, 0.15) is 36.8 Å². The van der Waals surface area contributed by atoms with Crippen molar-refractivity contribution >= 4 is 11.6 Å². The molecule has 0 bridgehead atoms. The molecule has 0 aliphatic carbocycles. The molecule has 2 aliphatic heterocycles. The van der Waals surface area contributed by atoms with Crippen molar-refractivity contribution in [2.45, 2.75) is 45.2 Å². The highest BCUT2D eigenvalue weighted by Gasteiger charge is 2.23. The van der Waals surface area contributed by atoms with E-state index in [1.165, 1.54) is 48.3 Å². The predicted molar refractivity (Wildman–Crippen MR) is 119 cm³/mol. The second-order valence-corrected chi connectivity index (χ2v) is 8.45. The molecule has 1 fully saturated rings. The molecule has 0 atom stereocenters. The zero-order chi connectivity index (χ0) is 21.0. The first-order chi connectivity index (χ1) is 15.3. The highest BCUT2D eigenvalue weighted by molar-refractivity contribution is 5.94. The van der Waals surface area contributed by atoms with E-state index in [0.29, 0.717) is 5.82 Å². The zero-order valence-electron chi connectivity index (χ0n) is 17.8. The number of carbonyl (C=O) groups is 1. The first kappa shape index (κ1) is 19.9. The summed E-state index contributed by atoms with van der Waals surface area (Å²) >= 11 is 0. The van der Waals surface area contributed by atoms with Crippen LogP contribution >= 0.6 is 0 Å². The van der Waals surface area contributed by atoms with Gasteiger partial charge in [0.15, 0.2) is 0 Å². The largest absolute Gasteiger partial charge is 0.310 e. The van der Waals surface area contributed by atoms with Gasteiger partial charge in [0.1, 0.15) is 6.54 Å². The van der Waals surface area contributed by atoms with Crippen LogP contribution in [0.2, 0.25) is 0 Å². The lowest BCUT2D eigenvalue weighted by molar-refractivity contribution is -0.119. The van der Waals surface area contributed by atoms with E-state index in [0.717, 1.165) is 37.2 Å². The second kappa shape index (κ2) is 8.98. The molecule has 1 saturated heterocycles. The number of carbonyl (C=O) groups excluding carboxylic acids is 1. The zero-order valence-corrected chi connectivity index (χ0v) is 17.8. The number of rotatable bonds is 5. The van der Waals surface area contributed by atoms with Crippen molar-refractivity contribution in [2.24, 2.45) is 0 Å². The van der Waals surface area contributed by atoms with Gasteiger partial charge in [0.05, 0.1) is 0 Å². The van der Waals surface area contributed by atoms with Crippen molar-refractivity contribution in [3.05, 3.63) is 59.7 Å². The summed E-state index contributed by atoms with van der Waals surface area (Å²) in [4.78, 5) is 18.7. The van der Waals surface area contributed by atoms with Crippen molar-refractivity contribution in [3.63, 3.8) is 0 Å². The van der Waals surface area contributed by atoms with E-state index in [9.17, 15) is 4.79 Å². The summed E-state index contributed by atoms with van der Waals surface area (Å²) in [6, 6.07) is 16.5. The van der Waals surface area contributed by atoms with Gasteiger partial charge in [-0.3, -0.25) is 9.69 Å². The van der Waals surface area contributed by atoms with E-state index in [-0.39, 0.29) is 12.5 Å². The van der Waals surface area contributed by atoms with Crippen LogP contribution in [-0.2, 0) is 24.3 Å². The van der Waals surface area contributed by atoms with Crippen molar-refractivity contribution in [3.8, 4) is 11.4 Å². The number of hydrogen-bond donors (Lipinski definition) is 0. The van der Waals surface area contributed by atoms with Crippen molar-refractivity contribution < 1.29 is 4.79 Å². The number of nitrogens with zero attached hydrogens (tertiary/aromatic N) is 6. The van der Waals surface area contributed by atoms with E-state index in [1.807, 2.05) is 35.2 Å². The van der Waals surface area contributed by atoms with E-state index in [1.54, 1.807) is 0 Å². The molecule has 0 radical (unpaired) electrons. The van der Waals surface area contributed by atoms with E-state index >= 15 is 0 Å². The van der Waals surface area contributed by atoms with Gasteiger partial charge in [-0.1, -0.05) is 48.9 Å². The van der Waals surface area contributed by atoms with Crippen LogP contribution in [0.4, 0.5) is 5.69 Å². The highest BCUT2D eigenvalue weighted by atomic mass is 16.2. The maximum Gasteiger partial charge on any atom is 0.250 e. The fourth-order valence-corrected chi connectivity index (χ4v) is 4.56. The maximum atomic E-state index is 12.9. The molecule has 3 heterocycles. The molecule has 0 spiro atoms. The Hall–Kier alpha value is -3.06. The standard InChI is InChI=1S/C24H28N6O/c31-23(29-16-6-8-20-7-2-3-9-22(20)29)18-30-26-24(25-27-30)21-12-10-19(11-13-21)17-28-14-4-1-5-15-28/h2-3,7,9-13H,1,4-6,8,14-18H2. The third kappa shape index (κ3) is 4.51. The monoisotopic (exact) mass is 416 g/mol. The van der Waals surface area contributed by atoms with Crippen LogP contribution in [0, 0.1) is 0 Å². The number of amides is 1. The molecule has 3 aromatic rings. The van der Waals surface area contributed by atoms with Gasteiger partial charge in [0, 0.05) is 24.3 Å². The van der Waals surface area contributed by atoms with Gasteiger partial charge in [-0.2, -0.15) is 4.80 Å². The molecule has 2 aliphatic rings. The molecule has 1 aromatic heterocycles. The van der Waals surface area contributed by atoms with Crippen LogP contribution in [0.5, 0.6) is 0 Å². The summed E-state index contributed by atoms with van der Waals surface area (Å²) in [6.45, 7) is 4.19. The van der Waals surface area contributed by atoms with Crippen LogP contribution in [0.15, 0.2) is 48.5 Å². The lowest BCUT2D eigenvalue weighted by atomic mass is 10.0. The smallest absolute Gasteiger partial charge is 0.250 e. The van der Waals surface area contributed by atoms with Crippen LogP contribution in [0.3, 0.4) is 0 Å². The lowest BCUT2D eigenvalue weighted by Crippen LogP contribution is -2.38. The average molecular weight is 417 g/mol. The van der Waals surface area contributed by atoms with Gasteiger partial charge >= 0.3 is 0 Å². The Kier molecular flexibility index (Phi) is 5.76. The summed E-state index contributed by atoms with van der Waals surface area (Å²) in [5.41, 5.74) is 4.45. The molecule has 7 heteroatoms. The Balaban J connectivity index is 1.23. The fourth-order valence-electron chi connectivity index (χ4n) is 4.56. The molecule has 160 valence electrons. The van der Waals surface area contributed by atoms with Crippen LogP contribution in [-0.4, -0.2) is 50.6 Å². The molecule has 7 nitrogen and oxygen atoms in total. The summed E-state index contributed by atoms with van der Waals surface area (Å²) < 4.78 is 0. The Morgan fingerprint density at radius 3 is 2.55 bits per heavy atom. The quantitative estimate of drug-likeness (QED) is 0.638. The first-order valence-corrected chi connectivity index (χ1v) is 11.2. The summed E-state index contributed by atoms with van der Waals surface area (Å²) in [5, 5.41) is 12.7. The number of aromatic nitrogens is 4. The normalized spacial score (nSPS) is 16.8. The Morgan fingerprint density at radius 2 is 1.71 bits per heavy atom. The number of hydrogen-bond acceptors (Lipinski definition) is 5. The average Bonchev–Trinajstić information content (AvgIpc) is 3.28. The van der Waals surface area contributed by atoms with Gasteiger partial charge in [0.25, 0.3) is 5.91 Å². The lowest BCUT2D eigenvalue weighted by Gasteiger charge is -2.29. The molecule has 0 saturated carbocycles. The molecule has 0 unspecified atom stereocenters. The number of tetrazole rings is 1. The Bertz CT molecular complexity index is 1040. The van der Waals surface area contributed by atoms with Gasteiger partial charge in [0.2, 0.25) is 5.82 Å². The number of fused-ring (bicyclic) bond motifs is 1. The van der Waals surface area contributed by atoms with Crippen molar-refractivity contribution in [1.82, 2.24) is 25.1 Å². The molecular formula is C24H28N6O. The van der Waals surface area contributed by atoms with Gasteiger partial charge in [-0.15, -0.1) is 10.2 Å². The van der Waals surface area contributed by atoms with Gasteiger partial charge < -0.3 is 4.90 Å². The summed E-state index contributed by atoms with van der Waals surface area (Å²) in [7, 11) is 0. The molecule has 2 aromatic carbocycles. The summed E-state index contributed by atoms with van der Waals surface area (Å²) in [6.07, 6.45) is 5.94. The maximum absolute atomic E-state index is 12.9. The van der Waals surface area contributed by atoms with E-state index in [2.05, 4.69) is 38.5 Å². The SMILES string of the molecule is O=C(Cn1nnc(-c2ccc(CN3CCCCC3)cc2)n1)N1CCCc2ccccc21. The van der Waals surface area contributed by atoms with Gasteiger partial charge in [-0.05, 0) is 61.2 Å². The van der Waals surface area contributed by atoms with E-state index in [4.69, 9.17) is 0 Å². The number of para-hydroxylation sites is 1. The second-order valence-electron chi connectivity index (χ2n) is 8.45. The topological polar surface area (TPSA) is 67.2 Å². The molecule has 1 amide bonds. The minimum atomic E-state index is -0.00650. The summed E-state index contributed by atoms with van der Waals surface area (Å²) in [5.74, 6) is 0.546. The minimum absolute atomic E-state index is 0.00650. The number of aryl methyl sites for hydroxylation is 1. The van der Waals surface area contributed by atoms with Crippen LogP contribution < -0.4 is 4.90 Å². The van der Waals surface area contributed by atoms with Crippen molar-refractivity contribution in [2.75, 3.05) is 24.5 Å². The number of anilines is 1. The fraction of sp³-hybridized carbons (Fsp3) is 0.417. The van der Waals surface area contributed by atoms with Crippen LogP contribution in [0.25, 0.3) is 11.4 Å². The van der Waals surface area contributed by atoms with Gasteiger partial charge in [-0.25, -0.2) is 0 Å². The third-order valence-corrected chi connectivity index (χ3v) is 6.21. The predicted octanol–water partition coefficient (Wildman–Crippen LogP) is 3.31. The molecule has 5 rings (SSSR count). The number of piperidine rings is 1. The van der Waals surface area contributed by atoms with E-state index < -0.39 is 0 Å². The highest BCUT2D eigenvalue weighted by Crippen LogP contribution is 2.27. The first-order valence-electron chi connectivity index (χ1n) is 11.2. The van der Waals surface area contributed by atoms with Crippen molar-refractivity contribution in [1.29, 1.82) is 0 Å². The number of benzene rings is 2. The molecular weight excluding hydrogens is 388 g/mol. The molecule has 0 N–H and O–H groups in total. The minimum Gasteiger partial charge on any atom is -0.310 e. The Labute approximate surface area is 182 Å². The molecule has 31 heavy (non-hydrogen) atoms.